The molecule has 2 heterocycles. The molecule has 1 amide bonds. The molecule has 3 N–H and O–H groups in total. The Bertz CT molecular complexity index is 2140. The van der Waals surface area contributed by atoms with E-state index < -0.39 is 32.2 Å². The summed E-state index contributed by atoms with van der Waals surface area (Å²) >= 11 is 0.868. The van der Waals surface area contributed by atoms with E-state index >= 15 is 0 Å². The molecule has 1 atom stereocenters. The first kappa shape index (κ1) is 29.0. The summed E-state index contributed by atoms with van der Waals surface area (Å²) in [6.45, 7) is 0. The van der Waals surface area contributed by atoms with Gasteiger partial charge in [-0.15, -0.1) is 11.3 Å². The van der Waals surface area contributed by atoms with Crippen LogP contribution in [0.15, 0.2) is 83.2 Å². The molecule has 3 aromatic carbocycles. The van der Waals surface area contributed by atoms with Crippen LogP contribution in [0.5, 0.6) is 0 Å². The molecule has 5 rings (SSSR count). The fourth-order valence-electron chi connectivity index (χ4n) is 4.63. The lowest BCUT2D eigenvalue weighted by Crippen LogP contribution is -2.40. The van der Waals surface area contributed by atoms with Crippen molar-refractivity contribution in [3.05, 3.63) is 139 Å². The fourth-order valence-corrected chi connectivity index (χ4v) is 5.80. The molecule has 1 aliphatic heterocycles. The van der Waals surface area contributed by atoms with Crippen molar-refractivity contribution in [3.63, 3.8) is 0 Å². The van der Waals surface area contributed by atoms with Crippen LogP contribution < -0.4 is 25.8 Å². The molecule has 0 bridgehead atoms. The van der Waals surface area contributed by atoms with E-state index in [1.54, 1.807) is 0 Å². The van der Waals surface area contributed by atoms with Crippen LogP contribution in [0.3, 0.4) is 0 Å². The van der Waals surface area contributed by atoms with Gasteiger partial charge in [0.15, 0.2) is 0 Å². The minimum absolute atomic E-state index is 0.0472. The van der Waals surface area contributed by atoms with E-state index in [4.69, 9.17) is 5.73 Å². The predicted molar refractivity (Wildman–Crippen MR) is 158 cm³/mol. The summed E-state index contributed by atoms with van der Waals surface area (Å²) in [5.41, 5.74) is 5.47. The number of carbonyl (C=O) groups excluding carboxylic acids is 1. The number of nitriles is 1. The first-order valence-electron chi connectivity index (χ1n) is 12.4. The molecule has 44 heavy (non-hydrogen) atoms. The first-order valence-corrected chi connectivity index (χ1v) is 13.2. The van der Waals surface area contributed by atoms with Gasteiger partial charge in [0, 0.05) is 42.1 Å². The Kier molecular flexibility index (Phi) is 7.54. The van der Waals surface area contributed by atoms with Crippen molar-refractivity contribution < 1.29 is 19.6 Å². The Balaban J connectivity index is 1.76. The number of carbonyl (C=O) groups is 1. The molecule has 15 nitrogen and oxygen atoms in total. The molecule has 0 fully saturated rings. The lowest BCUT2D eigenvalue weighted by Gasteiger charge is -2.25. The largest absolute Gasteiger partial charge is 0.384 e. The number of hydrogen-bond acceptors (Lipinski definition) is 11. The Morgan fingerprint density at radius 2 is 1.52 bits per heavy atom. The Hall–Kier alpha value is -6.47. The standard InChI is InChI=1S/C28H17N7O8S/c29-14-21-23(16-6-10-19(11-7-16)34(40)41)24(26(36)31-17-2-1-3-20(13-17)35(42)43)28-32(25(21)30)27(37)22(44-28)12-15-4-8-18(9-5-15)33(38)39/h1-13,23H,30H2,(H,31,36)/b22-12-. The number of nitrogens with zero attached hydrogens (tertiary/aromatic N) is 5. The van der Waals surface area contributed by atoms with Gasteiger partial charge in [-0.25, -0.2) is 0 Å². The molecule has 1 aromatic heterocycles. The quantitative estimate of drug-likeness (QED) is 0.229. The van der Waals surface area contributed by atoms with Gasteiger partial charge in [0.1, 0.15) is 10.5 Å². The minimum Gasteiger partial charge on any atom is -0.384 e. The van der Waals surface area contributed by atoms with Gasteiger partial charge in [-0.1, -0.05) is 18.2 Å². The van der Waals surface area contributed by atoms with E-state index in [1.807, 2.05) is 6.07 Å². The van der Waals surface area contributed by atoms with E-state index in [-0.39, 0.29) is 54.5 Å². The van der Waals surface area contributed by atoms with Crippen molar-refractivity contribution in [2.24, 2.45) is 5.73 Å². The third-order valence-corrected chi connectivity index (χ3v) is 7.78. The summed E-state index contributed by atoms with van der Waals surface area (Å²) < 4.78 is 1.13. The molecule has 0 spiro atoms. The molecule has 1 aliphatic rings. The SMILES string of the molecule is N#CC1=C(N)n2c(s/c(=C\c3ccc([N+](=O)[O-])cc3)c2=O)=C(C(=O)Nc2cccc([N+](=O)[O-])c2)C1c1ccc([N+](=O)[O-])cc1. The van der Waals surface area contributed by atoms with Crippen LogP contribution in [-0.4, -0.2) is 25.2 Å². The number of nitro benzene ring substituents is 3. The molecular formula is C28H17N7O8S. The second kappa shape index (κ2) is 11.4. The second-order valence-corrected chi connectivity index (χ2v) is 10.3. The predicted octanol–water partition coefficient (Wildman–Crippen LogP) is 2.70. The van der Waals surface area contributed by atoms with E-state index in [9.17, 15) is 45.2 Å². The smallest absolute Gasteiger partial charge is 0.274 e. The lowest BCUT2D eigenvalue weighted by atomic mass is 9.83. The summed E-state index contributed by atoms with van der Waals surface area (Å²) in [4.78, 5) is 59.3. The average molecular weight is 612 g/mol. The van der Waals surface area contributed by atoms with Crippen molar-refractivity contribution in [2.45, 2.75) is 5.92 Å². The van der Waals surface area contributed by atoms with Gasteiger partial charge in [0.25, 0.3) is 28.5 Å². The number of benzene rings is 3. The highest BCUT2D eigenvalue weighted by atomic mass is 32.1. The summed E-state index contributed by atoms with van der Waals surface area (Å²) in [6.07, 6.45) is 1.44. The Morgan fingerprint density at radius 3 is 2.09 bits per heavy atom. The highest BCUT2D eigenvalue weighted by molar-refractivity contribution is 7.07. The highest BCUT2D eigenvalue weighted by Crippen LogP contribution is 2.37. The van der Waals surface area contributed by atoms with Crippen molar-refractivity contribution in [1.29, 1.82) is 5.26 Å². The number of allylic oxidation sites excluding steroid dienone is 1. The molecule has 0 saturated heterocycles. The summed E-state index contributed by atoms with van der Waals surface area (Å²) in [6, 6.07) is 17.6. The van der Waals surface area contributed by atoms with Crippen molar-refractivity contribution in [3.8, 4) is 6.07 Å². The highest BCUT2D eigenvalue weighted by Gasteiger charge is 2.36. The van der Waals surface area contributed by atoms with Gasteiger partial charge in [-0.2, -0.15) is 5.26 Å². The number of anilines is 1. The van der Waals surface area contributed by atoms with Gasteiger partial charge in [-0.3, -0.25) is 44.5 Å². The van der Waals surface area contributed by atoms with Crippen LogP contribution in [0, 0.1) is 41.7 Å². The molecule has 16 heteroatoms. The zero-order valence-electron chi connectivity index (χ0n) is 22.1. The average Bonchev–Trinajstić information content (AvgIpc) is 3.32. The lowest BCUT2D eigenvalue weighted by molar-refractivity contribution is -0.385. The molecule has 0 aliphatic carbocycles. The van der Waals surface area contributed by atoms with Crippen molar-refractivity contribution in [2.75, 3.05) is 5.32 Å². The molecule has 1 unspecified atom stereocenters. The third-order valence-electron chi connectivity index (χ3n) is 6.67. The maximum absolute atomic E-state index is 13.9. The molecule has 218 valence electrons. The van der Waals surface area contributed by atoms with Gasteiger partial charge >= 0.3 is 0 Å². The molecule has 0 radical (unpaired) electrons. The summed E-state index contributed by atoms with van der Waals surface area (Å²) in [7, 11) is 0. The number of rotatable bonds is 7. The van der Waals surface area contributed by atoms with Gasteiger partial charge < -0.3 is 11.1 Å². The van der Waals surface area contributed by atoms with Crippen LogP contribution in [0.25, 0.3) is 17.5 Å². The Labute approximate surface area is 249 Å². The monoisotopic (exact) mass is 611 g/mol. The zero-order chi connectivity index (χ0) is 31.7. The summed E-state index contributed by atoms with van der Waals surface area (Å²) in [5.74, 6) is -2.25. The van der Waals surface area contributed by atoms with Gasteiger partial charge in [0.2, 0.25) is 0 Å². The number of amides is 1. The van der Waals surface area contributed by atoms with E-state index in [0.29, 0.717) is 5.56 Å². The zero-order valence-corrected chi connectivity index (χ0v) is 22.9. The second-order valence-electron chi connectivity index (χ2n) is 9.27. The van der Waals surface area contributed by atoms with Crippen molar-refractivity contribution >= 4 is 57.5 Å². The third kappa shape index (κ3) is 5.29. The van der Waals surface area contributed by atoms with Gasteiger partial charge in [0.05, 0.1) is 42.4 Å². The maximum Gasteiger partial charge on any atom is 0.274 e. The normalized spacial score (nSPS) is 14.5. The molecular weight excluding hydrogens is 594 g/mol. The number of fused-ring (bicyclic) bond motifs is 1. The number of hydrogen-bond donors (Lipinski definition) is 2. The van der Waals surface area contributed by atoms with Crippen LogP contribution in [-0.2, 0) is 4.79 Å². The number of nitro groups is 3. The molecule has 0 saturated carbocycles. The number of nitrogens with two attached hydrogens (primary N) is 1. The topological polar surface area (TPSA) is 230 Å². The summed E-state index contributed by atoms with van der Waals surface area (Å²) in [5, 5.41) is 46.3. The number of thiazole rings is 1. The van der Waals surface area contributed by atoms with Crippen LogP contribution in [0.2, 0.25) is 0 Å². The van der Waals surface area contributed by atoms with E-state index in [0.717, 1.165) is 22.0 Å². The fraction of sp³-hybridized carbons (Fsp3) is 0.0357. The van der Waals surface area contributed by atoms with E-state index in [1.165, 1.54) is 72.8 Å². The van der Waals surface area contributed by atoms with Gasteiger partial charge in [-0.05, 0) is 35.4 Å². The van der Waals surface area contributed by atoms with Crippen molar-refractivity contribution in [1.82, 2.24) is 4.57 Å². The molecule has 4 aromatic rings. The van der Waals surface area contributed by atoms with Crippen LogP contribution in [0.1, 0.15) is 17.0 Å². The Morgan fingerprint density at radius 1 is 0.932 bits per heavy atom. The first-order chi connectivity index (χ1) is 21.0. The van der Waals surface area contributed by atoms with Crippen LogP contribution in [0.4, 0.5) is 22.7 Å². The minimum atomic E-state index is -1.18. The number of nitrogens with one attached hydrogen (secondary N) is 1. The number of non-ortho nitro benzene ring substituents is 3. The van der Waals surface area contributed by atoms with Crippen LogP contribution >= 0.6 is 11.3 Å². The van der Waals surface area contributed by atoms with E-state index in [2.05, 4.69) is 5.32 Å². The number of aromatic nitrogens is 1. The maximum atomic E-state index is 13.9.